The molecule has 0 aliphatic carbocycles. The average Bonchev–Trinajstić information content (AvgIpc) is 3.38. The fourth-order valence-corrected chi connectivity index (χ4v) is 2.35. The monoisotopic (exact) mass is 350 g/mol. The zero-order valence-corrected chi connectivity index (χ0v) is 15.0. The number of carbonyl (C=O) groups excluding carboxylic acids is 2. The van der Waals surface area contributed by atoms with E-state index in [1.54, 1.807) is 32.0 Å². The molecule has 1 aromatic rings. The van der Waals surface area contributed by atoms with E-state index in [-0.39, 0.29) is 31.1 Å². The van der Waals surface area contributed by atoms with Gasteiger partial charge in [0.05, 0.1) is 19.1 Å². The summed E-state index contributed by atoms with van der Waals surface area (Å²) in [7, 11) is 0. The van der Waals surface area contributed by atoms with Crippen molar-refractivity contribution in [1.29, 1.82) is 0 Å². The van der Waals surface area contributed by atoms with E-state index in [1.807, 2.05) is 6.92 Å². The molecular formula is C19H26O6. The lowest BCUT2D eigenvalue weighted by Gasteiger charge is -2.18. The Bertz CT molecular complexity index is 618. The number of hydrogen-bond acceptors (Lipinski definition) is 6. The fourth-order valence-electron chi connectivity index (χ4n) is 2.35. The van der Waals surface area contributed by atoms with E-state index in [9.17, 15) is 14.7 Å². The van der Waals surface area contributed by atoms with E-state index >= 15 is 0 Å². The summed E-state index contributed by atoms with van der Waals surface area (Å²) >= 11 is 0. The van der Waals surface area contributed by atoms with Crippen molar-refractivity contribution in [2.45, 2.75) is 52.2 Å². The van der Waals surface area contributed by atoms with Crippen LogP contribution in [0.15, 0.2) is 18.2 Å². The van der Waals surface area contributed by atoms with Gasteiger partial charge in [-0.15, -0.1) is 0 Å². The van der Waals surface area contributed by atoms with Gasteiger partial charge in [0.2, 0.25) is 0 Å². The van der Waals surface area contributed by atoms with Gasteiger partial charge in [0.25, 0.3) is 0 Å². The smallest absolute Gasteiger partial charge is 0.313 e. The van der Waals surface area contributed by atoms with Crippen molar-refractivity contribution in [3.05, 3.63) is 29.3 Å². The molecule has 1 aliphatic heterocycles. The summed E-state index contributed by atoms with van der Waals surface area (Å²) in [5.74, 6) is -0.572. The minimum atomic E-state index is -0.775. The van der Waals surface area contributed by atoms with Crippen LogP contribution in [-0.4, -0.2) is 30.3 Å². The van der Waals surface area contributed by atoms with Crippen molar-refractivity contribution in [2.24, 2.45) is 5.92 Å². The van der Waals surface area contributed by atoms with Crippen molar-refractivity contribution in [1.82, 2.24) is 0 Å². The number of rotatable bonds is 9. The Morgan fingerprint density at radius 1 is 1.36 bits per heavy atom. The van der Waals surface area contributed by atoms with E-state index in [1.165, 1.54) is 0 Å². The van der Waals surface area contributed by atoms with Crippen LogP contribution in [0.25, 0.3) is 0 Å². The Labute approximate surface area is 148 Å². The molecule has 138 valence electrons. The highest BCUT2D eigenvalue weighted by atomic mass is 16.6. The van der Waals surface area contributed by atoms with Gasteiger partial charge in [0.15, 0.2) is 5.60 Å². The molecule has 2 rings (SSSR count). The number of aliphatic hydroxyl groups excluding tert-OH is 1. The molecular weight excluding hydrogens is 324 g/mol. The molecule has 6 nitrogen and oxygen atoms in total. The van der Waals surface area contributed by atoms with Crippen LogP contribution in [0, 0.1) is 5.92 Å². The molecule has 0 spiro atoms. The number of epoxide rings is 1. The van der Waals surface area contributed by atoms with Gasteiger partial charge >= 0.3 is 11.9 Å². The first-order valence-electron chi connectivity index (χ1n) is 8.67. The summed E-state index contributed by atoms with van der Waals surface area (Å²) in [5, 5.41) is 9.33. The summed E-state index contributed by atoms with van der Waals surface area (Å²) < 4.78 is 16.4. The summed E-state index contributed by atoms with van der Waals surface area (Å²) in [6.45, 7) is 5.82. The molecule has 0 saturated carbocycles. The number of carbonyl (C=O) groups is 2. The van der Waals surface area contributed by atoms with Crippen LogP contribution in [0.3, 0.4) is 0 Å². The molecule has 6 heteroatoms. The Morgan fingerprint density at radius 3 is 2.64 bits per heavy atom. The Balaban J connectivity index is 2.16. The molecule has 1 heterocycles. The second-order valence-electron chi connectivity index (χ2n) is 6.61. The van der Waals surface area contributed by atoms with Gasteiger partial charge in [-0.3, -0.25) is 9.59 Å². The molecule has 1 aliphatic rings. The van der Waals surface area contributed by atoms with Gasteiger partial charge in [-0.25, -0.2) is 0 Å². The summed E-state index contributed by atoms with van der Waals surface area (Å²) in [4.78, 5) is 23.7. The molecule has 1 atom stereocenters. The van der Waals surface area contributed by atoms with Crippen LogP contribution >= 0.6 is 0 Å². The normalized spacial score (nSPS) is 18.9. The highest BCUT2D eigenvalue weighted by molar-refractivity contribution is 5.75. The maximum Gasteiger partial charge on any atom is 0.313 e. The van der Waals surface area contributed by atoms with Crippen molar-refractivity contribution in [3.8, 4) is 5.75 Å². The minimum absolute atomic E-state index is 0.0836. The average molecular weight is 350 g/mol. The van der Waals surface area contributed by atoms with Gasteiger partial charge in [-0.1, -0.05) is 39.3 Å². The Morgan fingerprint density at radius 2 is 2.08 bits per heavy atom. The fraction of sp³-hybridized carbons (Fsp3) is 0.579. The third-order valence-corrected chi connectivity index (χ3v) is 4.09. The number of hydrogen-bond donors (Lipinski definition) is 1. The van der Waals surface area contributed by atoms with Crippen LogP contribution < -0.4 is 4.74 Å². The van der Waals surface area contributed by atoms with Crippen molar-refractivity contribution in [2.75, 3.05) is 13.2 Å². The van der Waals surface area contributed by atoms with Crippen LogP contribution in [-0.2, 0) is 31.3 Å². The minimum Gasteiger partial charge on any atom is -0.462 e. The molecule has 1 fully saturated rings. The number of esters is 2. The van der Waals surface area contributed by atoms with E-state index < -0.39 is 5.60 Å². The largest absolute Gasteiger partial charge is 0.462 e. The van der Waals surface area contributed by atoms with Crippen molar-refractivity contribution in [3.63, 3.8) is 0 Å². The van der Waals surface area contributed by atoms with Gasteiger partial charge in [-0.2, -0.15) is 0 Å². The van der Waals surface area contributed by atoms with Crippen LogP contribution in [0.1, 0.15) is 51.2 Å². The lowest BCUT2D eigenvalue weighted by atomic mass is 9.98. The zero-order valence-electron chi connectivity index (χ0n) is 15.0. The zero-order chi connectivity index (χ0) is 18.4. The lowest BCUT2D eigenvalue weighted by Crippen LogP contribution is -2.23. The summed E-state index contributed by atoms with van der Waals surface area (Å²) in [6, 6.07) is 5.11. The van der Waals surface area contributed by atoms with E-state index in [4.69, 9.17) is 14.2 Å². The molecule has 1 aromatic carbocycles. The predicted molar refractivity (Wildman–Crippen MR) is 91.0 cm³/mol. The second kappa shape index (κ2) is 8.45. The molecule has 0 aromatic heterocycles. The predicted octanol–water partition coefficient (Wildman–Crippen LogP) is 2.70. The van der Waals surface area contributed by atoms with E-state index in [0.29, 0.717) is 29.9 Å². The van der Waals surface area contributed by atoms with E-state index in [0.717, 1.165) is 12.8 Å². The molecule has 0 unspecified atom stereocenters. The first-order valence-corrected chi connectivity index (χ1v) is 8.67. The Hall–Kier alpha value is -1.92. The number of ether oxygens (including phenoxy) is 3. The second-order valence-corrected chi connectivity index (χ2v) is 6.61. The van der Waals surface area contributed by atoms with E-state index in [2.05, 4.69) is 0 Å². The maximum atomic E-state index is 12.0. The highest BCUT2D eigenvalue weighted by Crippen LogP contribution is 2.44. The number of unbranched alkanes of at least 4 members (excludes halogenated alkanes) is 1. The molecule has 1 saturated heterocycles. The van der Waals surface area contributed by atoms with Crippen LogP contribution in [0.2, 0.25) is 0 Å². The standard InChI is InChI=1S/C19H26O6/c1-4-5-6-17(21)23-11-19(12-24-19)15-8-7-14(10-20)9-16(15)25-18(22)13(2)3/h7-9,13,20H,4-6,10-12H2,1-3H3/t19-/m0/s1. The third kappa shape index (κ3) is 5.03. The molecule has 0 bridgehead atoms. The molecule has 0 radical (unpaired) electrons. The molecule has 0 amide bonds. The topological polar surface area (TPSA) is 85.4 Å². The quantitative estimate of drug-likeness (QED) is 0.419. The Kier molecular flexibility index (Phi) is 6.56. The highest BCUT2D eigenvalue weighted by Gasteiger charge is 2.50. The molecule has 25 heavy (non-hydrogen) atoms. The SMILES string of the molecule is CCCCC(=O)OC[C@@]1(c2ccc(CO)cc2OC(=O)C(C)C)CO1. The van der Waals surface area contributed by atoms with Crippen molar-refractivity contribution >= 4 is 11.9 Å². The maximum absolute atomic E-state index is 12.0. The lowest BCUT2D eigenvalue weighted by molar-refractivity contribution is -0.146. The summed E-state index contributed by atoms with van der Waals surface area (Å²) in [6.07, 6.45) is 2.09. The molecule has 1 N–H and O–H groups in total. The van der Waals surface area contributed by atoms with Crippen LogP contribution in [0.4, 0.5) is 0 Å². The van der Waals surface area contributed by atoms with Crippen LogP contribution in [0.5, 0.6) is 5.75 Å². The van der Waals surface area contributed by atoms with Gasteiger partial charge < -0.3 is 19.3 Å². The van der Waals surface area contributed by atoms with Crippen molar-refractivity contribution < 1.29 is 28.9 Å². The number of benzene rings is 1. The van der Waals surface area contributed by atoms with Gasteiger partial charge in [0.1, 0.15) is 12.4 Å². The number of aliphatic hydroxyl groups is 1. The first kappa shape index (κ1) is 19.4. The third-order valence-electron chi connectivity index (χ3n) is 4.09. The van der Waals surface area contributed by atoms with Gasteiger partial charge in [-0.05, 0) is 18.1 Å². The van der Waals surface area contributed by atoms with Gasteiger partial charge in [0, 0.05) is 12.0 Å². The first-order chi connectivity index (χ1) is 11.9. The summed E-state index contributed by atoms with van der Waals surface area (Å²) in [5.41, 5.74) is 0.510.